The lowest BCUT2D eigenvalue weighted by atomic mass is 10.0. The van der Waals surface area contributed by atoms with E-state index in [1.807, 2.05) is 110 Å². The molecule has 160 valence electrons. The summed E-state index contributed by atoms with van der Waals surface area (Å²) in [5, 5.41) is 3.07. The van der Waals surface area contributed by atoms with Crippen molar-refractivity contribution < 1.29 is 4.79 Å². The molecule has 1 heterocycles. The summed E-state index contributed by atoms with van der Waals surface area (Å²) in [6, 6.07) is 35.4. The van der Waals surface area contributed by atoms with E-state index in [1.54, 1.807) is 6.07 Å². The lowest BCUT2D eigenvalue weighted by Crippen LogP contribution is -2.26. The quantitative estimate of drug-likeness (QED) is 0.349. The van der Waals surface area contributed by atoms with Crippen LogP contribution in [0.4, 0.5) is 0 Å². The topological polar surface area (TPSA) is 54.9 Å². The molecule has 0 saturated heterocycles. The highest BCUT2D eigenvalue weighted by Crippen LogP contribution is 2.31. The Morgan fingerprint density at radius 3 is 1.76 bits per heavy atom. The van der Waals surface area contributed by atoms with E-state index < -0.39 is 0 Å². The molecule has 1 atom stereocenters. The summed E-state index contributed by atoms with van der Waals surface area (Å²) in [6.07, 6.45) is 0. The number of carbonyl (C=O) groups excluding carboxylic acids is 1. The van der Waals surface area contributed by atoms with Crippen LogP contribution in [-0.4, -0.2) is 15.9 Å². The third-order valence-corrected chi connectivity index (χ3v) is 5.67. The fourth-order valence-corrected chi connectivity index (χ4v) is 3.90. The van der Waals surface area contributed by atoms with E-state index in [0.717, 1.165) is 33.6 Å². The number of hydrogen-bond acceptors (Lipinski definition) is 3. The van der Waals surface area contributed by atoms with E-state index >= 15 is 0 Å². The summed E-state index contributed by atoms with van der Waals surface area (Å²) >= 11 is 0. The highest BCUT2D eigenvalue weighted by Gasteiger charge is 2.16. The Bertz CT molecular complexity index is 1400. The third-order valence-electron chi connectivity index (χ3n) is 5.67. The Hall–Kier alpha value is -4.31. The molecular weight excluding hydrogens is 406 g/mol. The van der Waals surface area contributed by atoms with Gasteiger partial charge in [0.1, 0.15) is 0 Å². The second-order valence-electron chi connectivity index (χ2n) is 7.96. The van der Waals surface area contributed by atoms with Crippen LogP contribution in [0.15, 0.2) is 109 Å². The fourth-order valence-electron chi connectivity index (χ4n) is 3.90. The minimum absolute atomic E-state index is 0.0965. The Morgan fingerprint density at radius 2 is 1.18 bits per heavy atom. The SMILES string of the molecule is C[C@@H](NC(=O)c1ccc2nc(-c3ccccc3)c(-c3ccccc3)nc2c1)c1ccccc1. The van der Waals surface area contributed by atoms with Crippen molar-refractivity contribution in [2.45, 2.75) is 13.0 Å². The molecule has 0 bridgehead atoms. The van der Waals surface area contributed by atoms with E-state index in [4.69, 9.17) is 9.97 Å². The normalized spacial score (nSPS) is 11.8. The molecule has 0 fully saturated rings. The van der Waals surface area contributed by atoms with Crippen LogP contribution >= 0.6 is 0 Å². The van der Waals surface area contributed by atoms with E-state index in [1.165, 1.54) is 0 Å². The van der Waals surface area contributed by atoms with Crippen LogP contribution in [0.3, 0.4) is 0 Å². The molecule has 0 aliphatic rings. The predicted molar refractivity (Wildman–Crippen MR) is 133 cm³/mol. The van der Waals surface area contributed by atoms with Gasteiger partial charge in [-0.15, -0.1) is 0 Å². The summed E-state index contributed by atoms with van der Waals surface area (Å²) in [5.74, 6) is -0.136. The first-order chi connectivity index (χ1) is 16.2. The standard InChI is InChI=1S/C29H23N3O/c1-20(21-11-5-2-6-12-21)30-29(33)24-17-18-25-26(19-24)32-28(23-15-9-4-10-16-23)27(31-25)22-13-7-3-8-14-22/h2-20H,1H3,(H,30,33)/t20-/m1/s1. The Kier molecular flexibility index (Phi) is 5.64. The zero-order valence-electron chi connectivity index (χ0n) is 18.3. The maximum absolute atomic E-state index is 13.0. The molecule has 1 amide bonds. The minimum Gasteiger partial charge on any atom is -0.346 e. The minimum atomic E-state index is -0.136. The smallest absolute Gasteiger partial charge is 0.251 e. The van der Waals surface area contributed by atoms with Crippen LogP contribution in [-0.2, 0) is 0 Å². The molecular formula is C29H23N3O. The molecule has 0 saturated carbocycles. The average Bonchev–Trinajstić information content (AvgIpc) is 2.89. The summed E-state index contributed by atoms with van der Waals surface area (Å²) in [7, 11) is 0. The van der Waals surface area contributed by atoms with Crippen molar-refractivity contribution in [3.8, 4) is 22.5 Å². The van der Waals surface area contributed by atoms with Crippen molar-refractivity contribution in [1.29, 1.82) is 0 Å². The van der Waals surface area contributed by atoms with Gasteiger partial charge in [0.05, 0.1) is 28.5 Å². The van der Waals surface area contributed by atoms with Crippen molar-refractivity contribution in [1.82, 2.24) is 15.3 Å². The summed E-state index contributed by atoms with van der Waals surface area (Å²) < 4.78 is 0. The summed E-state index contributed by atoms with van der Waals surface area (Å²) in [5.41, 5.74) is 6.67. The lowest BCUT2D eigenvalue weighted by molar-refractivity contribution is 0.0940. The zero-order chi connectivity index (χ0) is 22.6. The second kappa shape index (κ2) is 9.05. The van der Waals surface area contributed by atoms with Crippen LogP contribution in [0, 0.1) is 0 Å². The molecule has 0 spiro atoms. The van der Waals surface area contributed by atoms with Gasteiger partial charge < -0.3 is 5.32 Å². The first kappa shape index (κ1) is 20.6. The number of fused-ring (bicyclic) bond motifs is 1. The van der Waals surface area contributed by atoms with Crippen molar-refractivity contribution in [3.05, 3.63) is 120 Å². The number of carbonyl (C=O) groups is 1. The molecule has 0 aliphatic carbocycles. The number of hydrogen-bond donors (Lipinski definition) is 1. The molecule has 4 heteroatoms. The Balaban J connectivity index is 1.55. The van der Waals surface area contributed by atoms with Gasteiger partial charge in [-0.2, -0.15) is 0 Å². The van der Waals surface area contributed by atoms with Crippen molar-refractivity contribution in [3.63, 3.8) is 0 Å². The van der Waals surface area contributed by atoms with Gasteiger partial charge >= 0.3 is 0 Å². The van der Waals surface area contributed by atoms with Crippen molar-refractivity contribution in [2.24, 2.45) is 0 Å². The van der Waals surface area contributed by atoms with Gasteiger partial charge in [0.25, 0.3) is 5.91 Å². The van der Waals surface area contributed by atoms with Crippen LogP contribution in [0.25, 0.3) is 33.5 Å². The molecule has 1 aromatic heterocycles. The molecule has 4 nitrogen and oxygen atoms in total. The van der Waals surface area contributed by atoms with Crippen molar-refractivity contribution >= 4 is 16.9 Å². The number of aromatic nitrogens is 2. The van der Waals surface area contributed by atoms with E-state index in [0.29, 0.717) is 11.1 Å². The van der Waals surface area contributed by atoms with E-state index in [-0.39, 0.29) is 11.9 Å². The van der Waals surface area contributed by atoms with Gasteiger partial charge in [-0.25, -0.2) is 9.97 Å². The van der Waals surface area contributed by atoms with E-state index in [9.17, 15) is 4.79 Å². The van der Waals surface area contributed by atoms with E-state index in [2.05, 4.69) is 5.32 Å². The zero-order valence-corrected chi connectivity index (χ0v) is 18.3. The average molecular weight is 430 g/mol. The van der Waals surface area contributed by atoms with Crippen molar-refractivity contribution in [2.75, 3.05) is 0 Å². The van der Waals surface area contributed by atoms with Gasteiger partial charge in [-0.3, -0.25) is 4.79 Å². The molecule has 0 radical (unpaired) electrons. The molecule has 5 aromatic rings. The van der Waals surface area contributed by atoms with Crippen LogP contribution in [0.1, 0.15) is 28.9 Å². The number of amides is 1. The monoisotopic (exact) mass is 429 g/mol. The molecule has 33 heavy (non-hydrogen) atoms. The highest BCUT2D eigenvalue weighted by atomic mass is 16.1. The highest BCUT2D eigenvalue weighted by molar-refractivity contribution is 5.98. The maximum Gasteiger partial charge on any atom is 0.251 e. The summed E-state index contributed by atoms with van der Waals surface area (Å²) in [6.45, 7) is 1.98. The number of nitrogens with zero attached hydrogens (tertiary/aromatic N) is 2. The largest absolute Gasteiger partial charge is 0.346 e. The van der Waals surface area contributed by atoms with Crippen LogP contribution in [0.2, 0.25) is 0 Å². The Morgan fingerprint density at radius 1 is 0.667 bits per heavy atom. The second-order valence-corrected chi connectivity index (χ2v) is 7.96. The number of rotatable bonds is 5. The summed E-state index contributed by atoms with van der Waals surface area (Å²) in [4.78, 5) is 22.9. The molecule has 4 aromatic carbocycles. The number of benzene rings is 4. The molecule has 0 aliphatic heterocycles. The first-order valence-corrected chi connectivity index (χ1v) is 11.0. The lowest BCUT2D eigenvalue weighted by Gasteiger charge is -2.15. The van der Waals surface area contributed by atoms with Gasteiger partial charge in [0.15, 0.2) is 0 Å². The predicted octanol–water partition coefficient (Wildman–Crippen LogP) is 6.45. The maximum atomic E-state index is 13.0. The van der Waals surface area contributed by atoms with Gasteiger partial charge in [-0.1, -0.05) is 91.0 Å². The first-order valence-electron chi connectivity index (χ1n) is 11.0. The van der Waals surface area contributed by atoms with Gasteiger partial charge in [0.2, 0.25) is 0 Å². The molecule has 5 rings (SSSR count). The van der Waals surface area contributed by atoms with Gasteiger partial charge in [0, 0.05) is 16.7 Å². The fraction of sp³-hybridized carbons (Fsp3) is 0.0690. The molecule has 1 N–H and O–H groups in total. The van der Waals surface area contributed by atoms with Gasteiger partial charge in [-0.05, 0) is 30.7 Å². The van der Waals surface area contributed by atoms with Crippen LogP contribution < -0.4 is 5.32 Å². The molecule has 0 unspecified atom stereocenters. The number of nitrogens with one attached hydrogen (secondary N) is 1. The third kappa shape index (κ3) is 4.37. The van der Waals surface area contributed by atoms with Crippen LogP contribution in [0.5, 0.6) is 0 Å². The Labute approximate surface area is 193 Å².